The average Bonchev–Trinajstić information content (AvgIpc) is 2.49. The van der Waals surface area contributed by atoms with E-state index in [1.165, 1.54) is 5.56 Å². The van der Waals surface area contributed by atoms with Crippen molar-refractivity contribution in [2.24, 2.45) is 0 Å². The molecular formula is C16H14BrClO2. The van der Waals surface area contributed by atoms with Crippen molar-refractivity contribution >= 4 is 27.5 Å². The van der Waals surface area contributed by atoms with Crippen molar-refractivity contribution in [1.29, 1.82) is 0 Å². The summed E-state index contributed by atoms with van der Waals surface area (Å²) < 4.78 is 12.2. The van der Waals surface area contributed by atoms with Crippen molar-refractivity contribution in [3.8, 4) is 11.5 Å². The smallest absolute Gasteiger partial charge is 0.161 e. The SMILES string of the molecule is ClC(Cc1ccc(Br)cc1)c1ccc2c(c1)OCCO2. The highest BCUT2D eigenvalue weighted by atomic mass is 79.9. The van der Waals surface area contributed by atoms with Gasteiger partial charge in [-0.2, -0.15) is 0 Å². The van der Waals surface area contributed by atoms with Crippen LogP contribution in [0.2, 0.25) is 0 Å². The van der Waals surface area contributed by atoms with Gasteiger partial charge in [0.05, 0.1) is 5.38 Å². The number of fused-ring (bicyclic) bond motifs is 1. The summed E-state index contributed by atoms with van der Waals surface area (Å²) >= 11 is 9.95. The van der Waals surface area contributed by atoms with Crippen molar-refractivity contribution in [2.75, 3.05) is 13.2 Å². The highest BCUT2D eigenvalue weighted by Gasteiger charge is 2.15. The Labute approximate surface area is 131 Å². The molecule has 2 aromatic rings. The molecule has 20 heavy (non-hydrogen) atoms. The molecule has 0 saturated heterocycles. The molecule has 1 heterocycles. The minimum absolute atomic E-state index is 0.0768. The lowest BCUT2D eigenvalue weighted by molar-refractivity contribution is 0.171. The maximum absolute atomic E-state index is 6.51. The third-order valence-corrected chi connectivity index (χ3v) is 4.19. The van der Waals surface area contributed by atoms with E-state index in [-0.39, 0.29) is 5.38 Å². The van der Waals surface area contributed by atoms with Crippen molar-refractivity contribution in [1.82, 2.24) is 0 Å². The maximum atomic E-state index is 6.51. The van der Waals surface area contributed by atoms with Gasteiger partial charge in [0.1, 0.15) is 13.2 Å². The first kappa shape index (κ1) is 13.8. The summed E-state index contributed by atoms with van der Waals surface area (Å²) in [5.74, 6) is 1.59. The predicted octanol–water partition coefficient (Wildman–Crippen LogP) is 4.74. The van der Waals surface area contributed by atoms with Crippen LogP contribution in [0.1, 0.15) is 16.5 Å². The first-order chi connectivity index (χ1) is 9.72. The number of halogens is 2. The molecule has 0 spiro atoms. The van der Waals surface area contributed by atoms with E-state index in [0.29, 0.717) is 13.2 Å². The molecule has 0 N–H and O–H groups in total. The van der Waals surface area contributed by atoms with Crippen LogP contribution >= 0.6 is 27.5 Å². The van der Waals surface area contributed by atoms with Gasteiger partial charge < -0.3 is 9.47 Å². The molecule has 2 aromatic carbocycles. The van der Waals surface area contributed by atoms with Gasteiger partial charge in [0, 0.05) is 4.47 Å². The van der Waals surface area contributed by atoms with Crippen LogP contribution in [0.15, 0.2) is 46.9 Å². The summed E-state index contributed by atoms with van der Waals surface area (Å²) in [4.78, 5) is 0. The Bertz CT molecular complexity index is 598. The van der Waals surface area contributed by atoms with Crippen LogP contribution < -0.4 is 9.47 Å². The van der Waals surface area contributed by atoms with Crippen LogP contribution in [0.3, 0.4) is 0 Å². The second-order valence-electron chi connectivity index (χ2n) is 4.70. The molecule has 0 fully saturated rings. The summed E-state index contributed by atoms with van der Waals surface area (Å²) in [6.07, 6.45) is 0.786. The zero-order valence-corrected chi connectivity index (χ0v) is 13.2. The number of hydrogen-bond acceptors (Lipinski definition) is 2. The van der Waals surface area contributed by atoms with E-state index in [1.807, 2.05) is 30.3 Å². The molecule has 0 radical (unpaired) electrons. The Kier molecular flexibility index (Phi) is 4.18. The molecular weight excluding hydrogens is 340 g/mol. The maximum Gasteiger partial charge on any atom is 0.161 e. The molecule has 2 nitrogen and oxygen atoms in total. The standard InChI is InChI=1S/C16H14BrClO2/c17-13-4-1-11(2-5-13)9-14(18)12-3-6-15-16(10-12)20-8-7-19-15/h1-6,10,14H,7-9H2. The molecule has 1 atom stereocenters. The molecule has 3 rings (SSSR count). The zero-order valence-electron chi connectivity index (χ0n) is 10.8. The van der Waals surface area contributed by atoms with Crippen molar-refractivity contribution < 1.29 is 9.47 Å². The van der Waals surface area contributed by atoms with Crippen molar-refractivity contribution in [3.63, 3.8) is 0 Å². The topological polar surface area (TPSA) is 18.5 Å². The van der Waals surface area contributed by atoms with Gasteiger partial charge in [-0.25, -0.2) is 0 Å². The lowest BCUT2D eigenvalue weighted by Crippen LogP contribution is -2.15. The van der Waals surface area contributed by atoms with E-state index in [1.54, 1.807) is 0 Å². The lowest BCUT2D eigenvalue weighted by atomic mass is 10.0. The highest BCUT2D eigenvalue weighted by molar-refractivity contribution is 9.10. The van der Waals surface area contributed by atoms with Crippen LogP contribution in [0.5, 0.6) is 11.5 Å². The Balaban J connectivity index is 1.76. The monoisotopic (exact) mass is 352 g/mol. The Hall–Kier alpha value is -1.19. The molecule has 1 unspecified atom stereocenters. The van der Waals surface area contributed by atoms with Gasteiger partial charge in [0.25, 0.3) is 0 Å². The minimum atomic E-state index is -0.0768. The molecule has 0 aromatic heterocycles. The fraction of sp³-hybridized carbons (Fsp3) is 0.250. The van der Waals surface area contributed by atoms with Crippen LogP contribution in [-0.4, -0.2) is 13.2 Å². The second kappa shape index (κ2) is 6.06. The number of hydrogen-bond donors (Lipinski definition) is 0. The van der Waals surface area contributed by atoms with E-state index in [9.17, 15) is 0 Å². The third kappa shape index (κ3) is 3.10. The molecule has 0 saturated carbocycles. The van der Waals surface area contributed by atoms with Gasteiger partial charge in [0.2, 0.25) is 0 Å². The van der Waals surface area contributed by atoms with Crippen molar-refractivity contribution in [3.05, 3.63) is 58.1 Å². The minimum Gasteiger partial charge on any atom is -0.486 e. The van der Waals surface area contributed by atoms with E-state index in [2.05, 4.69) is 28.1 Å². The van der Waals surface area contributed by atoms with E-state index in [4.69, 9.17) is 21.1 Å². The summed E-state index contributed by atoms with van der Waals surface area (Å²) in [6, 6.07) is 14.1. The van der Waals surface area contributed by atoms with E-state index < -0.39 is 0 Å². The third-order valence-electron chi connectivity index (χ3n) is 3.26. The molecule has 0 aliphatic carbocycles. The second-order valence-corrected chi connectivity index (χ2v) is 6.14. The molecule has 1 aliphatic heterocycles. The van der Waals surface area contributed by atoms with E-state index in [0.717, 1.165) is 28.0 Å². The van der Waals surface area contributed by atoms with Gasteiger partial charge in [-0.05, 0) is 41.8 Å². The fourth-order valence-electron chi connectivity index (χ4n) is 2.20. The fourth-order valence-corrected chi connectivity index (χ4v) is 2.78. The van der Waals surface area contributed by atoms with Gasteiger partial charge >= 0.3 is 0 Å². The summed E-state index contributed by atoms with van der Waals surface area (Å²) in [7, 11) is 0. The summed E-state index contributed by atoms with van der Waals surface area (Å²) in [6.45, 7) is 1.20. The molecule has 104 valence electrons. The van der Waals surface area contributed by atoms with Crippen LogP contribution in [0.4, 0.5) is 0 Å². The molecule has 1 aliphatic rings. The van der Waals surface area contributed by atoms with Crippen LogP contribution in [0, 0.1) is 0 Å². The number of ether oxygens (including phenoxy) is 2. The van der Waals surface area contributed by atoms with Gasteiger partial charge in [-0.1, -0.05) is 34.1 Å². The van der Waals surface area contributed by atoms with Crippen molar-refractivity contribution in [2.45, 2.75) is 11.8 Å². The number of benzene rings is 2. The lowest BCUT2D eigenvalue weighted by Gasteiger charge is -2.20. The van der Waals surface area contributed by atoms with Crippen LogP contribution in [0.25, 0.3) is 0 Å². The Morgan fingerprint density at radius 2 is 1.70 bits per heavy atom. The van der Waals surface area contributed by atoms with Gasteiger partial charge in [-0.3, -0.25) is 0 Å². The highest BCUT2D eigenvalue weighted by Crippen LogP contribution is 2.35. The van der Waals surface area contributed by atoms with Crippen LogP contribution in [-0.2, 0) is 6.42 Å². The number of alkyl halides is 1. The normalized spacial score (nSPS) is 14.9. The first-order valence-electron chi connectivity index (χ1n) is 6.50. The molecule has 0 bridgehead atoms. The largest absolute Gasteiger partial charge is 0.486 e. The summed E-state index contributed by atoms with van der Waals surface area (Å²) in [5, 5.41) is -0.0768. The quantitative estimate of drug-likeness (QED) is 0.742. The molecule has 4 heteroatoms. The molecule has 0 amide bonds. The number of rotatable bonds is 3. The predicted molar refractivity (Wildman–Crippen MR) is 83.9 cm³/mol. The first-order valence-corrected chi connectivity index (χ1v) is 7.73. The average molecular weight is 354 g/mol. The van der Waals surface area contributed by atoms with E-state index >= 15 is 0 Å². The Morgan fingerprint density at radius 1 is 1.00 bits per heavy atom. The van der Waals surface area contributed by atoms with Gasteiger partial charge in [-0.15, -0.1) is 11.6 Å². The Morgan fingerprint density at radius 3 is 2.45 bits per heavy atom. The summed E-state index contributed by atoms with van der Waals surface area (Å²) in [5.41, 5.74) is 2.27. The zero-order chi connectivity index (χ0) is 13.9. The van der Waals surface area contributed by atoms with Gasteiger partial charge in [0.15, 0.2) is 11.5 Å².